The van der Waals surface area contributed by atoms with E-state index in [-0.39, 0.29) is 28.9 Å². The average Bonchev–Trinajstić information content (AvgIpc) is 0.731. The molecule has 0 saturated heterocycles. The number of phenols is 1. The van der Waals surface area contributed by atoms with E-state index < -0.39 is 46.8 Å². The van der Waals surface area contributed by atoms with Crippen LogP contribution in [0.5, 0.6) is 34.5 Å². The van der Waals surface area contributed by atoms with E-state index in [1.54, 1.807) is 27.9 Å². The van der Waals surface area contributed by atoms with Gasteiger partial charge in [0.15, 0.2) is 23.1 Å². The van der Waals surface area contributed by atoms with Crippen LogP contribution in [0.2, 0.25) is 0 Å². The fourth-order valence-electron chi connectivity index (χ4n) is 20.3. The molecular formula is C117H120N6O14. The molecular weight excluding hydrogens is 1710 g/mol. The summed E-state index contributed by atoms with van der Waals surface area (Å²) in [6.45, 7) is 40.3. The highest BCUT2D eigenvalue weighted by molar-refractivity contribution is 6.16. The number of aromatic hydroxyl groups is 1. The van der Waals surface area contributed by atoms with Crippen LogP contribution in [-0.4, -0.2) is 104 Å². The van der Waals surface area contributed by atoms with Gasteiger partial charge in [-0.1, -0.05) is 84.9 Å². The van der Waals surface area contributed by atoms with Crippen molar-refractivity contribution in [1.82, 2.24) is 19.9 Å². The fraction of sp³-hybridized carbons (Fsp3) is 0.316. The molecule has 0 amide bonds. The quantitative estimate of drug-likeness (QED) is 0.0714. The number of rotatable bonds is 17. The number of fused-ring (bicyclic) bond motifs is 4. The second-order valence-corrected chi connectivity index (χ2v) is 40.1. The number of methoxy groups -OCH3 is 1. The normalized spacial score (nSPS) is 14.2. The number of ether oxygens (including phenoxy) is 9. The first-order chi connectivity index (χ1) is 65.2. The number of pyridine rings is 4. The number of aromatic nitrogens is 4. The minimum Gasteiger partial charge on any atom is -0.507 e. The molecule has 0 unspecified atom stereocenters. The van der Waals surface area contributed by atoms with Gasteiger partial charge in [0.25, 0.3) is 0 Å². The molecule has 4 aromatic heterocycles. The lowest BCUT2D eigenvalue weighted by atomic mass is 9.84. The zero-order valence-corrected chi connectivity index (χ0v) is 82.1. The maximum atomic E-state index is 13.1. The Hall–Kier alpha value is -13.8. The zero-order chi connectivity index (χ0) is 97.5. The number of nitrogen functional groups attached to an aromatic ring is 2. The Morgan fingerprint density at radius 3 is 0.971 bits per heavy atom. The van der Waals surface area contributed by atoms with Gasteiger partial charge in [-0.3, -0.25) is 39.1 Å². The van der Waals surface area contributed by atoms with E-state index in [1.807, 2.05) is 239 Å². The van der Waals surface area contributed by atoms with Gasteiger partial charge >= 0.3 is 0 Å². The predicted octanol–water partition coefficient (Wildman–Crippen LogP) is 25.9. The van der Waals surface area contributed by atoms with Crippen LogP contribution in [0, 0.1) is 27.7 Å². The van der Waals surface area contributed by atoms with Gasteiger partial charge in [0, 0.05) is 144 Å². The predicted molar refractivity (Wildman–Crippen MR) is 549 cm³/mol. The number of anilines is 2. The van der Waals surface area contributed by atoms with Gasteiger partial charge in [-0.2, -0.15) is 0 Å². The molecule has 4 aliphatic rings. The number of carbonyl (C=O) groups excluding carboxylic acids is 4. The van der Waals surface area contributed by atoms with Gasteiger partial charge in [-0.05, 0) is 317 Å². The third-order valence-corrected chi connectivity index (χ3v) is 25.9. The van der Waals surface area contributed by atoms with Crippen molar-refractivity contribution in [3.05, 3.63) is 261 Å². The summed E-state index contributed by atoms with van der Waals surface area (Å²) in [6.07, 6.45) is 7.68. The Kier molecular flexibility index (Phi) is 25.9. The second kappa shape index (κ2) is 37.4. The maximum absolute atomic E-state index is 13.1. The monoisotopic (exact) mass is 1830 g/mol. The van der Waals surface area contributed by atoms with Crippen LogP contribution in [0.25, 0.3) is 131 Å². The SMILES string of the molecule is CC(=O)[C@@H](OC(C)(C)C)c1c(C)c(N)c2ccccc2c1-c1ccc2c3c(ccnc13)CCO2.CC(=O)[C@@H](OC(C)(C)C)c1c(C)c(O)c2ccccc2c1-c1ccc2c3c(ccnc13)CCO2.CC(=O)[C@@H](OC(C)(C)C)c1c(C)cc2c(N)cccc2c1-c1ccc2c3c(ccnc13)CCO2.COc1c(C)c([C@H](OC(C)(C)C)C(C)=O)c(-c2ccc3c4c(ccnc24)CCO3)c2ccccc12. The van der Waals surface area contributed by atoms with Crippen molar-refractivity contribution >= 4 is 121 Å². The van der Waals surface area contributed by atoms with Gasteiger partial charge in [-0.15, -0.1) is 0 Å². The molecule has 702 valence electrons. The zero-order valence-electron chi connectivity index (χ0n) is 82.1. The molecule has 0 aliphatic carbocycles. The summed E-state index contributed by atoms with van der Waals surface area (Å²) in [5, 5.41) is 22.7. The summed E-state index contributed by atoms with van der Waals surface area (Å²) in [7, 11) is 1.67. The number of benzene rings is 12. The number of hydrogen-bond acceptors (Lipinski definition) is 20. The van der Waals surface area contributed by atoms with Crippen molar-refractivity contribution in [2.75, 3.05) is 45.0 Å². The van der Waals surface area contributed by atoms with E-state index in [9.17, 15) is 24.3 Å². The first kappa shape index (κ1) is 95.0. The first-order valence-corrected chi connectivity index (χ1v) is 47.0. The van der Waals surface area contributed by atoms with Crippen molar-refractivity contribution in [2.45, 2.75) is 211 Å². The summed E-state index contributed by atoms with van der Waals surface area (Å²) in [4.78, 5) is 71.3. The maximum Gasteiger partial charge on any atom is 0.163 e. The Bertz CT molecular complexity index is 7180. The lowest BCUT2D eigenvalue weighted by molar-refractivity contribution is -0.139. The topological polar surface area (TPSA) is 275 Å². The molecule has 4 atom stereocenters. The molecule has 12 aromatic carbocycles. The molecule has 20 nitrogen and oxygen atoms in total. The number of Topliss-reactive ketones (excluding diaryl/α,β-unsaturated/α-hetero) is 4. The molecule has 20 heteroatoms. The highest BCUT2D eigenvalue weighted by Crippen LogP contribution is 2.55. The van der Waals surface area contributed by atoms with E-state index in [4.69, 9.17) is 74.0 Å². The van der Waals surface area contributed by atoms with Gasteiger partial charge in [0.2, 0.25) is 0 Å². The van der Waals surface area contributed by atoms with Crippen molar-refractivity contribution < 1.29 is 66.9 Å². The summed E-state index contributed by atoms with van der Waals surface area (Å²) in [6, 6.07) is 56.4. The molecule has 8 heterocycles. The van der Waals surface area contributed by atoms with Gasteiger partial charge in [0.05, 0.1) is 78.0 Å². The third-order valence-electron chi connectivity index (χ3n) is 25.9. The van der Waals surface area contributed by atoms with Crippen LogP contribution in [0.1, 0.15) is 202 Å². The first-order valence-electron chi connectivity index (χ1n) is 47.0. The lowest BCUT2D eigenvalue weighted by Gasteiger charge is -2.31. The number of phenolic OH excluding ortho intramolecular Hbond substituents is 1. The van der Waals surface area contributed by atoms with Crippen LogP contribution in [0.3, 0.4) is 0 Å². The molecule has 0 saturated carbocycles. The van der Waals surface area contributed by atoms with Crippen LogP contribution in [-0.2, 0) is 63.8 Å². The number of nitrogens with two attached hydrogens (primary N) is 2. The highest BCUT2D eigenvalue weighted by atomic mass is 16.5. The summed E-state index contributed by atoms with van der Waals surface area (Å²) in [5.41, 5.74) is 34.6. The van der Waals surface area contributed by atoms with Crippen molar-refractivity contribution in [3.8, 4) is 79.0 Å². The van der Waals surface area contributed by atoms with Crippen LogP contribution in [0.15, 0.2) is 195 Å². The number of hydrogen-bond donors (Lipinski definition) is 3. The van der Waals surface area contributed by atoms with Crippen molar-refractivity contribution in [1.29, 1.82) is 0 Å². The third kappa shape index (κ3) is 18.2. The summed E-state index contributed by atoms with van der Waals surface area (Å²) >= 11 is 0. The minimum atomic E-state index is -0.840. The number of ketones is 4. The van der Waals surface area contributed by atoms with Crippen LogP contribution < -0.4 is 35.2 Å². The average molecular weight is 1830 g/mol. The van der Waals surface area contributed by atoms with E-state index >= 15 is 0 Å². The molecule has 0 spiro atoms. The minimum absolute atomic E-state index is 0.0402. The largest absolute Gasteiger partial charge is 0.507 e. The summed E-state index contributed by atoms with van der Waals surface area (Å²) in [5.74, 6) is 4.01. The smallest absolute Gasteiger partial charge is 0.163 e. The van der Waals surface area contributed by atoms with E-state index in [0.29, 0.717) is 48.9 Å². The molecule has 0 bridgehead atoms. The van der Waals surface area contributed by atoms with Crippen molar-refractivity contribution in [2.24, 2.45) is 0 Å². The van der Waals surface area contributed by atoms with Gasteiger partial charge in [-0.25, -0.2) is 0 Å². The Morgan fingerprint density at radius 2 is 0.628 bits per heavy atom. The molecule has 0 radical (unpaired) electrons. The fourth-order valence-corrected chi connectivity index (χ4v) is 20.3. The highest BCUT2D eigenvalue weighted by Gasteiger charge is 2.39. The number of carbonyl (C=O) groups is 4. The molecule has 20 rings (SSSR count). The molecule has 5 N–H and O–H groups in total. The van der Waals surface area contributed by atoms with E-state index in [0.717, 1.165) is 219 Å². The molecule has 4 aliphatic heterocycles. The van der Waals surface area contributed by atoms with Gasteiger partial charge < -0.3 is 59.2 Å². The Morgan fingerprint density at radius 1 is 0.343 bits per heavy atom. The summed E-state index contributed by atoms with van der Waals surface area (Å²) < 4.78 is 55.2. The van der Waals surface area contributed by atoms with Crippen LogP contribution in [0.4, 0.5) is 11.4 Å². The number of nitrogens with zero attached hydrogens (tertiary/aromatic N) is 4. The number of aryl methyl sites for hydroxylation is 1. The lowest BCUT2D eigenvalue weighted by Crippen LogP contribution is -2.27. The molecule has 0 fully saturated rings. The van der Waals surface area contributed by atoms with Crippen LogP contribution >= 0.6 is 0 Å². The van der Waals surface area contributed by atoms with Gasteiger partial charge in [0.1, 0.15) is 58.9 Å². The standard InChI is InChI=1S/C30H31NO4.2C29H30N2O3.C29H29NO4/c1-17-24(29(18(2)32)35-30(3,4)5)26(20-9-7-8-10-21(20)28(17)33-6)22-11-12-23-25-19(14-16-34-23)13-15-31-27(22)25;1-16-15-21-19(7-6-8-22(21)30)26(24(16)28(17(2)32)34-29(3,4)5)20-9-10-23-25-18(12-14-33-23)11-13-31-27(20)25;1-16-23(28(17(2)32)34-29(3,4)5)25(19-8-6-7-9-20(19)26(16)30)21-10-11-22-24-18(13-15-33-22)12-14-31-27(21)24;1-16-23(28(17(2)31)34-29(3,4)5)25(19-8-6-7-9-20(19)27(16)32)21-10-11-22-24-18(13-15-33-22)12-14-30-26(21)24/h7-13,15,29H,14,16H2,1-6H3;6-11,13,15,28H,12,14,30H2,1-5H3;6-12,14,28H,13,15,30H2,1-5H3;6-12,14,28,32H,13,15H2,1-5H3/t29-;3*28-/m1111/s1. The van der Waals surface area contributed by atoms with E-state index in [1.165, 1.54) is 29.2 Å². The van der Waals surface area contributed by atoms with E-state index in [2.05, 4.69) is 66.7 Å². The Labute approximate surface area is 799 Å². The second-order valence-electron chi connectivity index (χ2n) is 40.1. The molecule has 16 aromatic rings. The van der Waals surface area contributed by atoms with Crippen molar-refractivity contribution in [3.63, 3.8) is 0 Å². The molecule has 137 heavy (non-hydrogen) atoms. The Balaban J connectivity index is 0.000000127.